The molecule has 24 heavy (non-hydrogen) atoms. The van der Waals surface area contributed by atoms with Gasteiger partial charge < -0.3 is 10.1 Å². The Labute approximate surface area is 152 Å². The van der Waals surface area contributed by atoms with Crippen LogP contribution in [0.3, 0.4) is 0 Å². The standard InChI is InChI=1S/C16H17ClN2O3S.ClH/c17-15-3-1-2-4-16(15)22-13-5-7-14(8-6-13)23(20,21)19-12-9-10-18-11-12;/h1-8,12,18-19H,9-11H2;1H. The molecule has 2 N–H and O–H groups in total. The molecule has 1 atom stereocenters. The van der Waals surface area contributed by atoms with E-state index in [9.17, 15) is 8.42 Å². The SMILES string of the molecule is Cl.O=S(=O)(NC1CCNC1)c1ccc(Oc2ccccc2Cl)cc1. The molecule has 1 fully saturated rings. The monoisotopic (exact) mass is 388 g/mol. The molecular formula is C16H18Cl2N2O3S. The van der Waals surface area contributed by atoms with Gasteiger partial charge in [-0.1, -0.05) is 23.7 Å². The molecule has 2 aromatic rings. The van der Waals surface area contributed by atoms with Crippen LogP contribution in [0.4, 0.5) is 0 Å². The van der Waals surface area contributed by atoms with E-state index in [1.54, 1.807) is 24.3 Å². The maximum atomic E-state index is 12.3. The van der Waals surface area contributed by atoms with E-state index in [2.05, 4.69) is 10.0 Å². The number of halogens is 2. The zero-order valence-corrected chi connectivity index (χ0v) is 15.1. The summed E-state index contributed by atoms with van der Waals surface area (Å²) < 4.78 is 33.0. The predicted octanol–water partition coefficient (Wildman–Crippen LogP) is 3.19. The van der Waals surface area contributed by atoms with Gasteiger partial charge in [0, 0.05) is 12.6 Å². The van der Waals surface area contributed by atoms with Crippen LogP contribution >= 0.6 is 24.0 Å². The number of benzene rings is 2. The molecule has 130 valence electrons. The molecule has 3 rings (SSSR count). The van der Waals surface area contributed by atoms with Crippen molar-refractivity contribution in [2.24, 2.45) is 0 Å². The van der Waals surface area contributed by atoms with E-state index in [0.29, 0.717) is 23.1 Å². The van der Waals surface area contributed by atoms with Gasteiger partial charge >= 0.3 is 0 Å². The Balaban J connectivity index is 0.00000208. The van der Waals surface area contributed by atoms with Gasteiger partial charge in [0.15, 0.2) is 0 Å². The minimum atomic E-state index is -3.51. The molecule has 1 heterocycles. The van der Waals surface area contributed by atoms with Crippen LogP contribution in [0.5, 0.6) is 11.5 Å². The normalized spacial score (nSPS) is 17.3. The lowest BCUT2D eigenvalue weighted by Crippen LogP contribution is -2.36. The summed E-state index contributed by atoms with van der Waals surface area (Å²) in [5, 5.41) is 3.63. The second-order valence-corrected chi connectivity index (χ2v) is 7.44. The number of nitrogens with one attached hydrogen (secondary N) is 2. The highest BCUT2D eigenvalue weighted by Crippen LogP contribution is 2.29. The van der Waals surface area contributed by atoms with Gasteiger partial charge in [-0.3, -0.25) is 0 Å². The Morgan fingerprint density at radius 1 is 1.12 bits per heavy atom. The van der Waals surface area contributed by atoms with Gasteiger partial charge in [-0.2, -0.15) is 0 Å². The van der Waals surface area contributed by atoms with Crippen molar-refractivity contribution < 1.29 is 13.2 Å². The third kappa shape index (κ3) is 4.62. The van der Waals surface area contributed by atoms with Crippen LogP contribution in [0.2, 0.25) is 5.02 Å². The molecule has 0 saturated carbocycles. The third-order valence-electron chi connectivity index (χ3n) is 3.58. The molecule has 0 aliphatic carbocycles. The average molecular weight is 389 g/mol. The second kappa shape index (κ2) is 8.18. The fraction of sp³-hybridized carbons (Fsp3) is 0.250. The molecular weight excluding hydrogens is 371 g/mol. The Morgan fingerprint density at radius 3 is 2.46 bits per heavy atom. The van der Waals surface area contributed by atoms with Crippen LogP contribution in [0, 0.1) is 0 Å². The fourth-order valence-electron chi connectivity index (χ4n) is 2.38. The largest absolute Gasteiger partial charge is 0.456 e. The lowest BCUT2D eigenvalue weighted by Gasteiger charge is -2.12. The van der Waals surface area contributed by atoms with E-state index in [1.807, 2.05) is 12.1 Å². The Hall–Kier alpha value is -1.31. The van der Waals surface area contributed by atoms with Crippen molar-refractivity contribution in [2.75, 3.05) is 13.1 Å². The highest BCUT2D eigenvalue weighted by molar-refractivity contribution is 7.89. The van der Waals surface area contributed by atoms with E-state index in [0.717, 1.165) is 13.0 Å². The van der Waals surface area contributed by atoms with Gasteiger partial charge in [-0.05, 0) is 49.4 Å². The van der Waals surface area contributed by atoms with Crippen LogP contribution in [0.15, 0.2) is 53.4 Å². The molecule has 1 aliphatic rings. The van der Waals surface area contributed by atoms with Gasteiger partial charge in [-0.15, -0.1) is 12.4 Å². The Bertz CT molecular complexity index is 776. The van der Waals surface area contributed by atoms with E-state index >= 15 is 0 Å². The number of rotatable bonds is 5. The van der Waals surface area contributed by atoms with Crippen LogP contribution in [0.1, 0.15) is 6.42 Å². The van der Waals surface area contributed by atoms with E-state index in [4.69, 9.17) is 16.3 Å². The van der Waals surface area contributed by atoms with Crippen molar-refractivity contribution in [1.29, 1.82) is 0 Å². The quantitative estimate of drug-likeness (QED) is 0.824. The summed E-state index contributed by atoms with van der Waals surface area (Å²) in [6.45, 7) is 1.49. The van der Waals surface area contributed by atoms with E-state index in [1.165, 1.54) is 12.1 Å². The summed E-state index contributed by atoms with van der Waals surface area (Å²) in [5.74, 6) is 1.06. The summed E-state index contributed by atoms with van der Waals surface area (Å²) in [4.78, 5) is 0.218. The maximum absolute atomic E-state index is 12.3. The first kappa shape index (κ1) is 19.0. The molecule has 0 radical (unpaired) electrons. The molecule has 0 spiro atoms. The molecule has 0 aromatic heterocycles. The Kier molecular flexibility index (Phi) is 6.48. The zero-order chi connectivity index (χ0) is 16.3. The second-order valence-electron chi connectivity index (χ2n) is 5.31. The van der Waals surface area contributed by atoms with Gasteiger partial charge in [0.1, 0.15) is 11.5 Å². The lowest BCUT2D eigenvalue weighted by molar-refractivity contribution is 0.482. The highest BCUT2D eigenvalue weighted by atomic mass is 35.5. The van der Waals surface area contributed by atoms with Crippen molar-refractivity contribution in [3.63, 3.8) is 0 Å². The van der Waals surface area contributed by atoms with Crippen molar-refractivity contribution >= 4 is 34.0 Å². The summed E-state index contributed by atoms with van der Waals surface area (Å²) in [6, 6.07) is 13.3. The number of ether oxygens (including phenoxy) is 1. The molecule has 1 saturated heterocycles. The number of sulfonamides is 1. The Morgan fingerprint density at radius 2 is 1.83 bits per heavy atom. The molecule has 0 bridgehead atoms. The third-order valence-corrected chi connectivity index (χ3v) is 5.43. The van der Waals surface area contributed by atoms with Gasteiger partial charge in [0.05, 0.1) is 9.92 Å². The molecule has 2 aromatic carbocycles. The van der Waals surface area contributed by atoms with Crippen LogP contribution in [-0.4, -0.2) is 27.5 Å². The minimum Gasteiger partial charge on any atom is -0.456 e. The number of hydrogen-bond donors (Lipinski definition) is 2. The average Bonchev–Trinajstić information content (AvgIpc) is 3.02. The minimum absolute atomic E-state index is 0. The fourth-order valence-corrected chi connectivity index (χ4v) is 3.83. The van der Waals surface area contributed by atoms with E-state index < -0.39 is 10.0 Å². The lowest BCUT2D eigenvalue weighted by atomic mass is 10.3. The topological polar surface area (TPSA) is 67.4 Å². The smallest absolute Gasteiger partial charge is 0.240 e. The number of hydrogen-bond acceptors (Lipinski definition) is 4. The summed E-state index contributed by atoms with van der Waals surface area (Å²) in [6.07, 6.45) is 0.799. The first-order valence-electron chi connectivity index (χ1n) is 7.30. The highest BCUT2D eigenvalue weighted by Gasteiger charge is 2.22. The van der Waals surface area contributed by atoms with Gasteiger partial charge in [0.2, 0.25) is 10.0 Å². The maximum Gasteiger partial charge on any atom is 0.240 e. The first-order chi connectivity index (χ1) is 11.0. The predicted molar refractivity (Wildman–Crippen MR) is 96.8 cm³/mol. The summed E-state index contributed by atoms with van der Waals surface area (Å²) >= 11 is 6.04. The molecule has 5 nitrogen and oxygen atoms in total. The molecule has 8 heteroatoms. The first-order valence-corrected chi connectivity index (χ1v) is 9.16. The van der Waals surface area contributed by atoms with Crippen molar-refractivity contribution in [2.45, 2.75) is 17.4 Å². The van der Waals surface area contributed by atoms with E-state index in [-0.39, 0.29) is 23.3 Å². The van der Waals surface area contributed by atoms with Crippen molar-refractivity contribution in [3.05, 3.63) is 53.6 Å². The van der Waals surface area contributed by atoms with Gasteiger partial charge in [0.25, 0.3) is 0 Å². The molecule has 0 amide bonds. The van der Waals surface area contributed by atoms with Crippen LogP contribution in [0.25, 0.3) is 0 Å². The summed E-state index contributed by atoms with van der Waals surface area (Å²) in [5.41, 5.74) is 0. The molecule has 1 unspecified atom stereocenters. The van der Waals surface area contributed by atoms with Gasteiger partial charge in [-0.25, -0.2) is 13.1 Å². The van der Waals surface area contributed by atoms with Crippen molar-refractivity contribution in [3.8, 4) is 11.5 Å². The van der Waals surface area contributed by atoms with Crippen molar-refractivity contribution in [1.82, 2.24) is 10.0 Å². The summed E-state index contributed by atoms with van der Waals surface area (Å²) in [7, 11) is -3.51. The number of para-hydroxylation sites is 1. The molecule has 1 aliphatic heterocycles. The van der Waals surface area contributed by atoms with Crippen LogP contribution < -0.4 is 14.8 Å². The zero-order valence-electron chi connectivity index (χ0n) is 12.7. The van der Waals surface area contributed by atoms with Crippen LogP contribution in [-0.2, 0) is 10.0 Å².